The van der Waals surface area contributed by atoms with Gasteiger partial charge in [-0.15, -0.1) is 0 Å². The average molecular weight is 1000 g/mol. The number of ketones is 1. The molecule has 2 saturated carbocycles. The third kappa shape index (κ3) is 11.0. The van der Waals surface area contributed by atoms with E-state index in [1.54, 1.807) is 71.9 Å². The zero-order valence-electron chi connectivity index (χ0n) is 44.0. The van der Waals surface area contributed by atoms with E-state index in [-0.39, 0.29) is 36.5 Å². The number of amides is 1. The Balaban J connectivity index is 1.76. The molecule has 3 N–H and O–H groups in total. The number of benzene rings is 1. The van der Waals surface area contributed by atoms with Gasteiger partial charge in [-0.1, -0.05) is 80.5 Å². The first-order valence-electron chi connectivity index (χ1n) is 25.5. The fourth-order valence-electron chi connectivity index (χ4n) is 11.9. The minimum absolute atomic E-state index is 0.0148. The topological polar surface area (TPSA) is 202 Å². The van der Waals surface area contributed by atoms with E-state index < -0.39 is 123 Å². The lowest BCUT2D eigenvalue weighted by Crippen LogP contribution is -2.81. The third-order valence-electron chi connectivity index (χ3n) is 16.4. The summed E-state index contributed by atoms with van der Waals surface area (Å²) in [5, 5.41) is 29.6. The van der Waals surface area contributed by atoms with E-state index in [2.05, 4.69) is 26.1 Å². The van der Waals surface area contributed by atoms with Crippen LogP contribution in [0, 0.1) is 23.2 Å². The number of aliphatic hydroxyl groups is 2. The second-order valence-corrected chi connectivity index (χ2v) is 31.2. The van der Waals surface area contributed by atoms with Gasteiger partial charge in [0.05, 0.1) is 35.6 Å². The van der Waals surface area contributed by atoms with Gasteiger partial charge in [-0.25, -0.2) is 14.4 Å². The summed E-state index contributed by atoms with van der Waals surface area (Å²) in [7, 11) is -5.19. The molecule has 0 radical (unpaired) electrons. The lowest BCUT2D eigenvalue weighted by Gasteiger charge is -2.67. The van der Waals surface area contributed by atoms with Crippen LogP contribution >= 0.6 is 0 Å². The molecule has 0 aromatic heterocycles. The van der Waals surface area contributed by atoms with Crippen LogP contribution in [0.15, 0.2) is 41.5 Å². The number of aliphatic hydroxyl groups excluding tert-OH is 1. The number of alkyl carbamates (subject to hydrolysis) is 1. The smallest absolute Gasteiger partial charge is 0.407 e. The second kappa shape index (κ2) is 21.7. The molecule has 1 aromatic rings. The maximum Gasteiger partial charge on any atom is 0.407 e. The van der Waals surface area contributed by atoms with E-state index in [1.807, 2.05) is 34.6 Å². The van der Waals surface area contributed by atoms with Crippen LogP contribution in [0.5, 0.6) is 0 Å². The summed E-state index contributed by atoms with van der Waals surface area (Å²) in [5.74, 6) is -5.40. The van der Waals surface area contributed by atoms with Crippen LogP contribution in [0.2, 0.25) is 36.3 Å². The van der Waals surface area contributed by atoms with Crippen molar-refractivity contribution in [3.05, 3.63) is 47.0 Å². The van der Waals surface area contributed by atoms with Crippen molar-refractivity contribution in [1.29, 1.82) is 0 Å². The number of hydrogen-bond donors (Lipinski definition) is 3. The minimum atomic E-state index is -2.63. The average Bonchev–Trinajstić information content (AvgIpc) is 3.28. The molecule has 4 aliphatic rings. The zero-order valence-corrected chi connectivity index (χ0v) is 46.0. The molecular formula is C52H83NO14Si2. The predicted octanol–water partition coefficient (Wildman–Crippen LogP) is 8.60. The lowest BCUT2D eigenvalue weighted by molar-refractivity contribution is -0.341. The van der Waals surface area contributed by atoms with Gasteiger partial charge < -0.3 is 48.1 Å². The molecule has 1 amide bonds. The standard InChI is InChI=1S/C52H83NO14Si2/c1-16-68(17-2,18-3)66-38-28-39-52(30-61-39,64-34(11)54)43-45(63-46(57)35-25-23-22-24-26-35)51(60)29-37(32(9)40(33(51)10)41(55)44(56)50(38,43)15)62-47(58)42(67-69(19-4,20-5)21-6)36(27-31(7)8)53-48(59)65-49(12,13)14/h22-26,31,33,36-39,41-43,45,55,60H,16-21,27-30H2,1-15H3,(H,53,59)/t33-,36-,37-,38-,39+,41+,42+,43-,45-,50+,51-,52-/m0/s1. The summed E-state index contributed by atoms with van der Waals surface area (Å²) in [6.07, 6.45) is -8.51. The Kier molecular flexibility index (Phi) is 17.8. The summed E-state index contributed by atoms with van der Waals surface area (Å²) in [4.78, 5) is 72.5. The SMILES string of the molecule is CC[Si](CC)(CC)O[C@H]1C[C@H]2OC[C@@]2(OC(C)=O)[C@H]2[C@H](OC(=O)c3ccccc3)[C@]3(O)C[C@H](OC(=O)[C@H](O[Si](CC)(CC)CC)[C@H](CC(C)C)NC(=O)OC(C)(C)C)C(C)=C([C@@H](O)C(=O)[C@]12C)[C@@H]3C. The Morgan fingerprint density at radius 3 is 2.00 bits per heavy atom. The first kappa shape index (κ1) is 56.5. The lowest BCUT2D eigenvalue weighted by atomic mass is 9.47. The molecule has 0 spiro atoms. The number of hydrogen-bond acceptors (Lipinski definition) is 14. The monoisotopic (exact) mass is 1000 g/mol. The Morgan fingerprint density at radius 2 is 1.51 bits per heavy atom. The summed E-state index contributed by atoms with van der Waals surface area (Å²) < 4.78 is 45.7. The van der Waals surface area contributed by atoms with E-state index >= 15 is 9.59 Å². The highest BCUT2D eigenvalue weighted by Crippen LogP contribution is 2.63. The molecule has 1 saturated heterocycles. The molecule has 17 heteroatoms. The van der Waals surface area contributed by atoms with E-state index in [1.165, 1.54) is 6.92 Å². The maximum atomic E-state index is 15.9. The number of carbonyl (C=O) groups is 5. The summed E-state index contributed by atoms with van der Waals surface area (Å²) in [6, 6.07) is 11.6. The molecule has 2 bridgehead atoms. The van der Waals surface area contributed by atoms with Crippen LogP contribution in [0.3, 0.4) is 0 Å². The molecule has 1 heterocycles. The fraction of sp³-hybridized carbons (Fsp3) is 0.750. The molecule has 69 heavy (non-hydrogen) atoms. The van der Waals surface area contributed by atoms with Crippen molar-refractivity contribution in [2.75, 3.05) is 6.61 Å². The van der Waals surface area contributed by atoms with Gasteiger partial charge in [0.1, 0.15) is 35.6 Å². The number of fused-ring (bicyclic) bond motifs is 5. The minimum Gasteiger partial charge on any atom is -0.456 e. The maximum absolute atomic E-state index is 15.9. The van der Waals surface area contributed by atoms with Crippen molar-refractivity contribution < 1.29 is 66.7 Å². The van der Waals surface area contributed by atoms with Gasteiger partial charge in [0.2, 0.25) is 0 Å². The van der Waals surface area contributed by atoms with Gasteiger partial charge >= 0.3 is 24.0 Å². The number of carbonyl (C=O) groups excluding carboxylic acids is 5. The third-order valence-corrected chi connectivity index (χ3v) is 25.6. The van der Waals surface area contributed by atoms with Crippen LogP contribution < -0.4 is 5.32 Å². The molecule has 3 aliphatic carbocycles. The molecule has 15 nitrogen and oxygen atoms in total. The van der Waals surface area contributed by atoms with Crippen molar-refractivity contribution in [2.24, 2.45) is 23.2 Å². The summed E-state index contributed by atoms with van der Waals surface area (Å²) >= 11 is 0. The van der Waals surface area contributed by atoms with Crippen molar-refractivity contribution in [3.63, 3.8) is 0 Å². The summed E-state index contributed by atoms with van der Waals surface area (Å²) in [5.41, 5.74) is -5.77. The molecule has 5 rings (SSSR count). The Bertz CT molecular complexity index is 2030. The van der Waals surface area contributed by atoms with Gasteiger partial charge in [0, 0.05) is 25.7 Å². The van der Waals surface area contributed by atoms with Crippen molar-refractivity contribution in [1.82, 2.24) is 5.32 Å². The van der Waals surface area contributed by atoms with Crippen molar-refractivity contribution in [3.8, 4) is 0 Å². The molecule has 388 valence electrons. The molecular weight excluding hydrogens is 919 g/mol. The van der Waals surface area contributed by atoms with E-state index in [4.69, 9.17) is 32.5 Å². The molecule has 3 fully saturated rings. The largest absolute Gasteiger partial charge is 0.456 e. The fourth-order valence-corrected chi connectivity index (χ4v) is 17.6. The highest BCUT2D eigenvalue weighted by atomic mass is 28.4. The van der Waals surface area contributed by atoms with E-state index in [0.29, 0.717) is 30.1 Å². The van der Waals surface area contributed by atoms with Gasteiger partial charge in [0.15, 0.2) is 34.1 Å². The van der Waals surface area contributed by atoms with Gasteiger partial charge in [-0.05, 0) is 107 Å². The quantitative estimate of drug-likeness (QED) is 0.0515. The number of Topliss-reactive ketones (excluding diaryl/α,β-unsaturated/α-hetero) is 1. The van der Waals surface area contributed by atoms with Gasteiger partial charge in [0.25, 0.3) is 0 Å². The van der Waals surface area contributed by atoms with Crippen LogP contribution in [-0.2, 0) is 46.9 Å². The van der Waals surface area contributed by atoms with Crippen LogP contribution in [0.4, 0.5) is 4.79 Å². The van der Waals surface area contributed by atoms with Crippen molar-refractivity contribution in [2.45, 2.75) is 219 Å². The van der Waals surface area contributed by atoms with Crippen molar-refractivity contribution >= 4 is 46.4 Å². The van der Waals surface area contributed by atoms with Crippen LogP contribution in [-0.4, -0.2) is 123 Å². The summed E-state index contributed by atoms with van der Waals surface area (Å²) in [6.45, 7) is 27.5. The number of esters is 3. The van der Waals surface area contributed by atoms with Gasteiger partial charge in [-0.2, -0.15) is 0 Å². The van der Waals surface area contributed by atoms with Crippen LogP contribution in [0.1, 0.15) is 133 Å². The van der Waals surface area contributed by atoms with E-state index in [0.717, 1.165) is 18.1 Å². The normalized spacial score (nSPS) is 31.2. The molecule has 12 atom stereocenters. The molecule has 0 unspecified atom stereocenters. The highest BCUT2D eigenvalue weighted by Gasteiger charge is 2.77. The first-order chi connectivity index (χ1) is 32.2. The highest BCUT2D eigenvalue weighted by molar-refractivity contribution is 6.74. The Morgan fingerprint density at radius 1 is 0.928 bits per heavy atom. The predicted molar refractivity (Wildman–Crippen MR) is 265 cm³/mol. The number of rotatable bonds is 19. The number of ether oxygens (including phenoxy) is 5. The van der Waals surface area contributed by atoms with Crippen LogP contribution in [0.25, 0.3) is 0 Å². The first-order valence-corrected chi connectivity index (χ1v) is 30.5. The van der Waals surface area contributed by atoms with Gasteiger partial charge in [-0.3, -0.25) is 9.59 Å². The second-order valence-electron chi connectivity index (χ2n) is 21.8. The number of nitrogens with one attached hydrogen (secondary N) is 1. The zero-order chi connectivity index (χ0) is 51.7. The Hall–Kier alpha value is -3.46. The molecule has 1 aliphatic heterocycles. The Labute approximate surface area is 412 Å². The van der Waals surface area contributed by atoms with E-state index in [9.17, 15) is 24.6 Å². The molecule has 1 aromatic carbocycles.